The van der Waals surface area contributed by atoms with Crippen molar-refractivity contribution in [3.05, 3.63) is 40.7 Å². The average molecular weight is 446 g/mol. The first-order valence-electron chi connectivity index (χ1n) is 11.0. The van der Waals surface area contributed by atoms with E-state index in [0.29, 0.717) is 16.3 Å². The molecule has 0 radical (unpaired) electrons. The van der Waals surface area contributed by atoms with Crippen molar-refractivity contribution in [2.75, 3.05) is 38.1 Å². The van der Waals surface area contributed by atoms with Gasteiger partial charge in [0.15, 0.2) is 0 Å². The molecule has 2 amide bonds. The number of nitrogens with one attached hydrogen (secondary N) is 2. The van der Waals surface area contributed by atoms with Gasteiger partial charge in [0.25, 0.3) is 11.8 Å². The third-order valence-electron chi connectivity index (χ3n) is 6.12. The summed E-state index contributed by atoms with van der Waals surface area (Å²) in [5.41, 5.74) is 3.60. The summed E-state index contributed by atoms with van der Waals surface area (Å²) < 4.78 is 0. The van der Waals surface area contributed by atoms with E-state index >= 15 is 0 Å². The van der Waals surface area contributed by atoms with E-state index < -0.39 is 0 Å². The zero-order valence-corrected chi connectivity index (χ0v) is 18.6. The molecule has 3 aliphatic rings. The molecule has 0 atom stereocenters. The molecule has 0 aromatic heterocycles. The van der Waals surface area contributed by atoms with E-state index in [1.165, 1.54) is 6.42 Å². The molecule has 2 fully saturated rings. The molecular formula is C22H30ClN6O2+. The molecule has 2 heterocycles. The molecule has 1 aromatic carbocycles. The standard InChI is InChI=1S/C22H29ClN6O2/c1-28-7-9-29(10-8-28)18-12-15(11-16(23)13-18)21(30)26-19-14-24-27-20(19)22(31)25-17-5-3-2-4-6-17/h11-14,17H,2-10H2,1H3,(H,24,27)(H,25,31)(H,26,30)/p+1. The second-order valence-electron chi connectivity index (χ2n) is 8.46. The molecule has 9 heteroatoms. The molecule has 2 aliphatic heterocycles. The smallest absolute Gasteiger partial charge is 0.278 e. The first kappa shape index (κ1) is 21.8. The van der Waals surface area contributed by atoms with Crippen LogP contribution in [0.2, 0.25) is 5.02 Å². The van der Waals surface area contributed by atoms with Crippen LogP contribution in [0.15, 0.2) is 35.2 Å². The molecule has 0 bridgehead atoms. The highest BCUT2D eigenvalue weighted by atomic mass is 35.5. The number of quaternary nitrogens is 1. The fourth-order valence-electron chi connectivity index (χ4n) is 4.26. The van der Waals surface area contributed by atoms with Gasteiger partial charge in [-0.3, -0.25) is 9.59 Å². The van der Waals surface area contributed by atoms with Gasteiger partial charge in [0.2, 0.25) is 5.71 Å². The molecule has 0 unspecified atom stereocenters. The zero-order chi connectivity index (χ0) is 21.8. The largest absolute Gasteiger partial charge is 0.369 e. The lowest BCUT2D eigenvalue weighted by Gasteiger charge is -2.34. The summed E-state index contributed by atoms with van der Waals surface area (Å²) in [6, 6.07) is 5.57. The van der Waals surface area contributed by atoms with Crippen molar-refractivity contribution in [3.63, 3.8) is 0 Å². The van der Waals surface area contributed by atoms with Gasteiger partial charge in [-0.1, -0.05) is 36.0 Å². The Balaban J connectivity index is 1.41. The van der Waals surface area contributed by atoms with Crippen LogP contribution < -0.4 is 21.0 Å². The Morgan fingerprint density at radius 2 is 1.81 bits per heavy atom. The maximum Gasteiger partial charge on any atom is 0.278 e. The molecule has 8 nitrogen and oxygen atoms in total. The minimum absolute atomic E-state index is 0.181. The number of benzene rings is 1. The highest BCUT2D eigenvalue weighted by Gasteiger charge is 2.28. The number of amides is 2. The van der Waals surface area contributed by atoms with Crippen molar-refractivity contribution >= 4 is 34.8 Å². The predicted molar refractivity (Wildman–Crippen MR) is 121 cm³/mol. The summed E-state index contributed by atoms with van der Waals surface area (Å²) in [6.07, 6.45) is 7.12. The minimum atomic E-state index is -0.308. The van der Waals surface area contributed by atoms with Gasteiger partial charge in [0.05, 0.1) is 0 Å². The Morgan fingerprint density at radius 3 is 2.55 bits per heavy atom. The Labute approximate surface area is 187 Å². The Bertz CT molecular complexity index is 901. The lowest BCUT2D eigenvalue weighted by atomic mass is 9.95. The summed E-state index contributed by atoms with van der Waals surface area (Å²) in [6.45, 7) is 3.70. The maximum absolute atomic E-state index is 13.0. The lowest BCUT2D eigenvalue weighted by Crippen LogP contribution is -2.69. The highest BCUT2D eigenvalue weighted by molar-refractivity contribution is 6.45. The number of piperazine rings is 1. The van der Waals surface area contributed by atoms with Crippen LogP contribution in [0.1, 0.15) is 42.5 Å². The number of likely N-dealkylation sites (N-methyl/N-ethyl adjacent to an activating group) is 1. The molecule has 1 aromatic rings. The molecule has 1 aliphatic carbocycles. The lowest BCUT2D eigenvalue weighted by molar-refractivity contribution is -0.590. The predicted octanol–water partition coefficient (Wildman–Crippen LogP) is 1.04. The second kappa shape index (κ2) is 9.80. The number of carbonyl (C=O) groups excluding carboxylic acids is 2. The summed E-state index contributed by atoms with van der Waals surface area (Å²) in [7, 11) is 2.10. The van der Waals surface area contributed by atoms with E-state index in [0.717, 1.165) is 57.5 Å². The van der Waals surface area contributed by atoms with Crippen molar-refractivity contribution in [1.82, 2.24) is 15.5 Å². The number of nitrogens with zero attached hydrogens (tertiary/aromatic N) is 3. The van der Waals surface area contributed by atoms with E-state index in [2.05, 4.69) is 32.6 Å². The maximum atomic E-state index is 13.0. The van der Waals surface area contributed by atoms with E-state index in [4.69, 9.17) is 11.6 Å². The SMILES string of the molecule is CN1CCN(c2cc(Cl)cc(C(=O)NC3=C[NH2+]N=C3C(=O)NC3CCCCC3)c2)CC1. The molecule has 4 rings (SSSR count). The number of hydrogen-bond donors (Lipinski definition) is 3. The van der Waals surface area contributed by atoms with Gasteiger partial charge < -0.3 is 20.4 Å². The molecule has 4 N–H and O–H groups in total. The topological polar surface area (TPSA) is 93.7 Å². The molecular weight excluding hydrogens is 416 g/mol. The second-order valence-corrected chi connectivity index (χ2v) is 8.89. The third kappa shape index (κ3) is 5.44. The first-order chi connectivity index (χ1) is 15.0. The minimum Gasteiger partial charge on any atom is -0.369 e. The molecule has 166 valence electrons. The van der Waals surface area contributed by atoms with Crippen molar-refractivity contribution < 1.29 is 15.0 Å². The van der Waals surface area contributed by atoms with E-state index in [9.17, 15) is 9.59 Å². The van der Waals surface area contributed by atoms with Crippen LogP contribution in [-0.2, 0) is 4.79 Å². The number of carbonyl (C=O) groups is 2. The van der Waals surface area contributed by atoms with Crippen molar-refractivity contribution in [1.29, 1.82) is 0 Å². The van der Waals surface area contributed by atoms with Crippen LogP contribution in [-0.4, -0.2) is 61.7 Å². The van der Waals surface area contributed by atoms with Crippen LogP contribution >= 0.6 is 11.6 Å². The van der Waals surface area contributed by atoms with Crippen LogP contribution in [0, 0.1) is 0 Å². The first-order valence-corrected chi connectivity index (χ1v) is 11.4. The normalized spacial score (nSPS) is 20.3. The van der Waals surface area contributed by atoms with Crippen molar-refractivity contribution in [3.8, 4) is 0 Å². The monoisotopic (exact) mass is 445 g/mol. The van der Waals surface area contributed by atoms with Gasteiger partial charge >= 0.3 is 0 Å². The van der Waals surface area contributed by atoms with Crippen molar-refractivity contribution in [2.45, 2.75) is 38.1 Å². The number of hydrogen-bond acceptors (Lipinski definition) is 5. The van der Waals surface area contributed by atoms with Crippen LogP contribution in [0.3, 0.4) is 0 Å². The Kier molecular flexibility index (Phi) is 6.89. The van der Waals surface area contributed by atoms with Gasteiger partial charge in [-0.05, 0) is 38.1 Å². The third-order valence-corrected chi connectivity index (χ3v) is 6.34. The molecule has 31 heavy (non-hydrogen) atoms. The van der Waals surface area contributed by atoms with Gasteiger partial charge in [0, 0.05) is 48.5 Å². The molecule has 1 saturated heterocycles. The summed E-state index contributed by atoms with van der Waals surface area (Å²) in [5.74, 6) is -0.547. The van der Waals surface area contributed by atoms with Gasteiger partial charge in [0.1, 0.15) is 11.9 Å². The van der Waals surface area contributed by atoms with Gasteiger partial charge in [-0.2, -0.15) is 5.43 Å². The quantitative estimate of drug-likeness (QED) is 0.590. The number of nitrogens with two attached hydrogens (primary N) is 1. The van der Waals surface area contributed by atoms with Gasteiger partial charge in [-0.25, -0.2) is 0 Å². The number of anilines is 1. The van der Waals surface area contributed by atoms with E-state index in [-0.39, 0.29) is 23.6 Å². The Hall–Kier alpha value is -2.42. The van der Waals surface area contributed by atoms with Crippen LogP contribution in [0.4, 0.5) is 5.69 Å². The fourth-order valence-corrected chi connectivity index (χ4v) is 4.49. The van der Waals surface area contributed by atoms with Gasteiger partial charge in [-0.15, -0.1) is 0 Å². The zero-order valence-electron chi connectivity index (χ0n) is 17.9. The van der Waals surface area contributed by atoms with Crippen LogP contribution in [0.5, 0.6) is 0 Å². The summed E-state index contributed by atoms with van der Waals surface area (Å²) in [4.78, 5) is 30.2. The van der Waals surface area contributed by atoms with E-state index in [1.807, 2.05) is 12.1 Å². The van der Waals surface area contributed by atoms with E-state index in [1.54, 1.807) is 17.7 Å². The number of rotatable bonds is 5. The number of halogens is 1. The fraction of sp³-hybridized carbons (Fsp3) is 0.500. The Morgan fingerprint density at radius 1 is 1.06 bits per heavy atom. The average Bonchev–Trinajstić information content (AvgIpc) is 3.23. The molecule has 0 spiro atoms. The summed E-state index contributed by atoms with van der Waals surface area (Å²) >= 11 is 6.32. The summed E-state index contributed by atoms with van der Waals surface area (Å²) in [5, 5.41) is 10.6. The van der Waals surface area contributed by atoms with Crippen LogP contribution in [0.25, 0.3) is 0 Å². The molecule has 1 saturated carbocycles. The van der Waals surface area contributed by atoms with Crippen molar-refractivity contribution in [2.24, 2.45) is 5.10 Å². The highest BCUT2D eigenvalue weighted by Crippen LogP contribution is 2.24.